The van der Waals surface area contributed by atoms with Crippen LogP contribution in [-0.4, -0.2) is 37.3 Å². The minimum Gasteiger partial charge on any atom is -0.493 e. The second-order valence-corrected chi connectivity index (χ2v) is 9.67. The maximum Gasteiger partial charge on any atom is 0.338 e. The third-order valence-corrected chi connectivity index (χ3v) is 7.46. The van der Waals surface area contributed by atoms with Crippen molar-refractivity contribution >= 4 is 46.1 Å². The van der Waals surface area contributed by atoms with E-state index in [-0.39, 0.29) is 22.3 Å². The van der Waals surface area contributed by atoms with E-state index >= 15 is 0 Å². The normalized spacial score (nSPS) is 17.5. The fraction of sp³-hybridized carbons (Fsp3) is 0.231. The minimum atomic E-state index is -0.868. The van der Waals surface area contributed by atoms with Crippen LogP contribution in [0.2, 0.25) is 5.02 Å². The zero-order chi connectivity index (χ0) is 26.4. The van der Waals surface area contributed by atoms with Gasteiger partial charge in [-0.1, -0.05) is 29.0 Å². The van der Waals surface area contributed by atoms with E-state index in [1.165, 1.54) is 18.8 Å². The summed E-state index contributed by atoms with van der Waals surface area (Å²) < 4.78 is 17.8. The zero-order valence-corrected chi connectivity index (χ0v) is 22.0. The number of thiazole rings is 1. The Balaban J connectivity index is 1.82. The number of hydrogen-bond donors (Lipinski definition) is 1. The van der Waals surface area contributed by atoms with Crippen LogP contribution in [0.15, 0.2) is 57.5 Å². The molecule has 37 heavy (non-hydrogen) atoms. The Morgan fingerprint density at radius 1 is 1.14 bits per heavy atom. The van der Waals surface area contributed by atoms with E-state index in [1.807, 2.05) is 0 Å². The highest BCUT2D eigenvalue weighted by Gasteiger charge is 2.35. The summed E-state index contributed by atoms with van der Waals surface area (Å²) in [5.74, 6) is -0.0688. The highest BCUT2D eigenvalue weighted by molar-refractivity contribution is 7.07. The number of amides is 1. The molecule has 1 aromatic heterocycles. The van der Waals surface area contributed by atoms with E-state index in [9.17, 15) is 14.4 Å². The molecule has 0 radical (unpaired) electrons. The number of nitrogens with one attached hydrogen (secondary N) is 1. The molecule has 2 aliphatic rings. The number of carbonyl (C=O) groups is 2. The van der Waals surface area contributed by atoms with Gasteiger partial charge in [-0.3, -0.25) is 14.2 Å². The summed E-state index contributed by atoms with van der Waals surface area (Å²) in [6.45, 7) is 3.55. The molecule has 2 aromatic carbocycles. The van der Waals surface area contributed by atoms with Gasteiger partial charge in [0, 0.05) is 16.3 Å². The van der Waals surface area contributed by atoms with Crippen LogP contribution in [0.3, 0.4) is 0 Å². The predicted octanol–water partition coefficient (Wildman–Crippen LogP) is 2.79. The fourth-order valence-corrected chi connectivity index (χ4v) is 5.86. The van der Waals surface area contributed by atoms with Gasteiger partial charge in [0.05, 0.1) is 43.7 Å². The molecule has 5 rings (SSSR count). The molecule has 2 aliphatic heterocycles. The van der Waals surface area contributed by atoms with Gasteiger partial charge in [-0.05, 0) is 49.7 Å². The Bertz CT molecular complexity index is 1690. The molecule has 0 bridgehead atoms. The summed E-state index contributed by atoms with van der Waals surface area (Å²) in [5.41, 5.74) is 2.07. The Hall–Kier alpha value is -3.89. The molecule has 0 spiro atoms. The number of aromatic nitrogens is 1. The number of fused-ring (bicyclic) bond motifs is 2. The molecular formula is C26H22ClN3O6S. The number of nitrogens with zero attached hydrogens (tertiary/aromatic N) is 2. The largest absolute Gasteiger partial charge is 0.493 e. The molecule has 0 saturated carbocycles. The first-order valence-corrected chi connectivity index (χ1v) is 12.5. The zero-order valence-electron chi connectivity index (χ0n) is 20.4. The van der Waals surface area contributed by atoms with E-state index in [1.54, 1.807) is 50.2 Å². The van der Waals surface area contributed by atoms with Gasteiger partial charge in [0.2, 0.25) is 0 Å². The summed E-state index contributed by atoms with van der Waals surface area (Å²) in [5, 5.41) is 3.22. The number of benzene rings is 2. The van der Waals surface area contributed by atoms with Crippen molar-refractivity contribution in [2.45, 2.75) is 19.9 Å². The SMILES string of the molecule is CCOC(=O)C1=C(C)N=c2s/c(=C3\C(=O)Nc4ccc(Cl)cc43)c(=O)n2[C@@H]1c1ccc(OC)c(OC)c1. The average molecular weight is 540 g/mol. The van der Waals surface area contributed by atoms with Crippen molar-refractivity contribution in [2.75, 3.05) is 26.1 Å². The van der Waals surface area contributed by atoms with Crippen LogP contribution in [0.5, 0.6) is 11.5 Å². The van der Waals surface area contributed by atoms with Gasteiger partial charge in [-0.2, -0.15) is 0 Å². The third-order valence-electron chi connectivity index (χ3n) is 6.17. The molecule has 190 valence electrons. The molecule has 1 atom stereocenters. The monoisotopic (exact) mass is 539 g/mol. The van der Waals surface area contributed by atoms with Crippen molar-refractivity contribution in [3.05, 3.63) is 83.5 Å². The summed E-state index contributed by atoms with van der Waals surface area (Å²) >= 11 is 7.27. The van der Waals surface area contributed by atoms with Gasteiger partial charge in [0.15, 0.2) is 16.3 Å². The van der Waals surface area contributed by atoms with Crippen molar-refractivity contribution in [2.24, 2.45) is 4.99 Å². The topological polar surface area (TPSA) is 108 Å². The maximum absolute atomic E-state index is 14.0. The van der Waals surface area contributed by atoms with Gasteiger partial charge >= 0.3 is 5.97 Å². The van der Waals surface area contributed by atoms with Gasteiger partial charge in [0.25, 0.3) is 11.5 Å². The van der Waals surface area contributed by atoms with E-state index in [4.69, 9.17) is 25.8 Å². The lowest BCUT2D eigenvalue weighted by atomic mass is 9.95. The molecule has 3 aromatic rings. The van der Waals surface area contributed by atoms with Crippen LogP contribution in [0.1, 0.15) is 31.0 Å². The highest BCUT2D eigenvalue weighted by Crippen LogP contribution is 2.36. The third kappa shape index (κ3) is 4.02. The number of hydrogen-bond acceptors (Lipinski definition) is 8. The number of anilines is 1. The molecule has 0 saturated heterocycles. The van der Waals surface area contributed by atoms with Crippen LogP contribution in [0, 0.1) is 0 Å². The number of methoxy groups -OCH3 is 2. The van der Waals surface area contributed by atoms with Crippen molar-refractivity contribution < 1.29 is 23.8 Å². The van der Waals surface area contributed by atoms with E-state index in [0.717, 1.165) is 11.3 Å². The van der Waals surface area contributed by atoms with E-state index in [0.29, 0.717) is 43.8 Å². The first-order chi connectivity index (χ1) is 17.8. The number of allylic oxidation sites excluding steroid dienone is 1. The first kappa shape index (κ1) is 24.8. The Labute approximate surface area is 220 Å². The summed E-state index contributed by atoms with van der Waals surface area (Å²) in [7, 11) is 3.02. The lowest BCUT2D eigenvalue weighted by Crippen LogP contribution is -2.40. The van der Waals surface area contributed by atoms with Gasteiger partial charge in [-0.25, -0.2) is 9.79 Å². The standard InChI is InChI=1S/C26H22ClN3O6S/c1-5-36-25(33)19-12(2)28-26-30(21(19)13-6-9-17(34-3)18(10-13)35-4)24(32)22(37-26)20-15-11-14(27)7-8-16(15)29-23(20)31/h6-11,21H,5H2,1-4H3,(H,29,31)/b22-20-/t21-/m1/s1. The van der Waals surface area contributed by atoms with Crippen LogP contribution >= 0.6 is 22.9 Å². The Morgan fingerprint density at radius 2 is 1.89 bits per heavy atom. The lowest BCUT2D eigenvalue weighted by Gasteiger charge is -2.25. The quantitative estimate of drug-likeness (QED) is 0.500. The summed E-state index contributed by atoms with van der Waals surface area (Å²) in [6.07, 6.45) is 0. The van der Waals surface area contributed by atoms with Gasteiger partial charge < -0.3 is 19.5 Å². The smallest absolute Gasteiger partial charge is 0.338 e. The molecule has 9 nitrogen and oxygen atoms in total. The molecule has 0 unspecified atom stereocenters. The van der Waals surface area contributed by atoms with Gasteiger partial charge in [-0.15, -0.1) is 0 Å². The van der Waals surface area contributed by atoms with Crippen LogP contribution < -0.4 is 29.7 Å². The van der Waals surface area contributed by atoms with Crippen molar-refractivity contribution in [1.82, 2.24) is 4.57 Å². The van der Waals surface area contributed by atoms with Crippen molar-refractivity contribution in [1.29, 1.82) is 0 Å². The fourth-order valence-electron chi connectivity index (χ4n) is 4.55. The molecule has 1 amide bonds. The van der Waals surface area contributed by atoms with Crippen molar-refractivity contribution in [3.8, 4) is 11.5 Å². The maximum atomic E-state index is 14.0. The number of rotatable bonds is 5. The predicted molar refractivity (Wildman–Crippen MR) is 139 cm³/mol. The van der Waals surface area contributed by atoms with E-state index < -0.39 is 23.5 Å². The molecule has 3 heterocycles. The summed E-state index contributed by atoms with van der Waals surface area (Å²) in [4.78, 5) is 45.0. The second-order valence-electron chi connectivity index (χ2n) is 8.26. The van der Waals surface area contributed by atoms with Crippen LogP contribution in [0.4, 0.5) is 5.69 Å². The average Bonchev–Trinajstić information content (AvgIpc) is 3.37. The number of halogens is 1. The highest BCUT2D eigenvalue weighted by atomic mass is 35.5. The summed E-state index contributed by atoms with van der Waals surface area (Å²) in [6, 6.07) is 9.29. The Kier molecular flexibility index (Phi) is 6.38. The van der Waals surface area contributed by atoms with E-state index in [2.05, 4.69) is 10.3 Å². The first-order valence-electron chi connectivity index (χ1n) is 11.3. The molecular weight excluding hydrogens is 518 g/mol. The molecule has 1 N–H and O–H groups in total. The number of ether oxygens (including phenoxy) is 3. The Morgan fingerprint density at radius 3 is 2.59 bits per heavy atom. The molecule has 11 heteroatoms. The number of carbonyl (C=O) groups excluding carboxylic acids is 2. The lowest BCUT2D eigenvalue weighted by molar-refractivity contribution is -0.139. The molecule has 0 fully saturated rings. The minimum absolute atomic E-state index is 0.153. The van der Waals surface area contributed by atoms with Gasteiger partial charge in [0.1, 0.15) is 4.53 Å². The van der Waals surface area contributed by atoms with Crippen LogP contribution in [-0.2, 0) is 14.3 Å². The number of esters is 1. The molecule has 0 aliphatic carbocycles. The van der Waals surface area contributed by atoms with Crippen molar-refractivity contribution in [3.63, 3.8) is 0 Å². The van der Waals surface area contributed by atoms with Crippen LogP contribution in [0.25, 0.3) is 5.57 Å². The second kappa shape index (κ2) is 9.53.